The lowest BCUT2D eigenvalue weighted by Crippen LogP contribution is -2.49. The van der Waals surface area contributed by atoms with Crippen LogP contribution in [0.4, 0.5) is 0 Å². The summed E-state index contributed by atoms with van der Waals surface area (Å²) in [7, 11) is 0. The van der Waals surface area contributed by atoms with Crippen LogP contribution in [0.25, 0.3) is 0 Å². The van der Waals surface area contributed by atoms with Crippen molar-refractivity contribution in [2.24, 2.45) is 5.41 Å². The molecule has 3 rings (SSSR count). The Labute approximate surface area is 140 Å². The maximum Gasteiger partial charge on any atom is 0.310 e. The van der Waals surface area contributed by atoms with E-state index in [1.165, 1.54) is 12.5 Å². The lowest BCUT2D eigenvalue weighted by atomic mass is 9.66. The number of piperidine rings is 1. The number of carboxylic acids is 1. The monoisotopic (exact) mass is 334 g/mol. The maximum absolute atomic E-state index is 12.2. The van der Waals surface area contributed by atoms with Crippen LogP contribution in [-0.4, -0.2) is 46.9 Å². The van der Waals surface area contributed by atoms with Gasteiger partial charge in [-0.1, -0.05) is 6.42 Å². The van der Waals surface area contributed by atoms with E-state index in [0.29, 0.717) is 44.3 Å². The minimum absolute atomic E-state index is 0.00294. The van der Waals surface area contributed by atoms with Gasteiger partial charge in [-0.05, 0) is 31.7 Å². The quantitative estimate of drug-likeness (QED) is 0.853. The number of likely N-dealkylation sites (tertiary alicyclic amines) is 1. The standard InChI is InChI=1S/C17H22N2O5/c20-14(10-17(16(22)23)5-1-6-17)18-13-2-7-19(8-3-13)15(21)12-4-9-24-11-12/h4,9,11,13H,1-3,5-8,10H2,(H,18,20)(H,22,23). The predicted octanol–water partition coefficient (Wildman–Crippen LogP) is 1.65. The van der Waals surface area contributed by atoms with Gasteiger partial charge >= 0.3 is 5.97 Å². The maximum atomic E-state index is 12.2. The number of amides is 2. The van der Waals surface area contributed by atoms with Crippen molar-refractivity contribution >= 4 is 17.8 Å². The van der Waals surface area contributed by atoms with Crippen molar-refractivity contribution in [1.82, 2.24) is 10.2 Å². The van der Waals surface area contributed by atoms with Gasteiger partial charge in [0.05, 0.1) is 17.2 Å². The minimum Gasteiger partial charge on any atom is -0.481 e. The van der Waals surface area contributed by atoms with E-state index >= 15 is 0 Å². The minimum atomic E-state index is -0.871. The molecule has 1 saturated heterocycles. The number of hydrogen-bond donors (Lipinski definition) is 2. The van der Waals surface area contributed by atoms with Gasteiger partial charge in [-0.2, -0.15) is 0 Å². The Morgan fingerprint density at radius 3 is 2.50 bits per heavy atom. The van der Waals surface area contributed by atoms with Gasteiger partial charge in [-0.15, -0.1) is 0 Å². The van der Waals surface area contributed by atoms with E-state index in [1.54, 1.807) is 11.0 Å². The molecule has 1 aliphatic heterocycles. The molecular weight excluding hydrogens is 312 g/mol. The van der Waals surface area contributed by atoms with Gasteiger partial charge in [0.2, 0.25) is 5.91 Å². The van der Waals surface area contributed by atoms with Gasteiger partial charge in [-0.25, -0.2) is 0 Å². The highest BCUT2D eigenvalue weighted by Gasteiger charge is 2.46. The number of carbonyl (C=O) groups excluding carboxylic acids is 2. The summed E-state index contributed by atoms with van der Waals surface area (Å²) in [4.78, 5) is 37.4. The van der Waals surface area contributed by atoms with Crippen molar-refractivity contribution in [3.05, 3.63) is 24.2 Å². The highest BCUT2D eigenvalue weighted by atomic mass is 16.4. The predicted molar refractivity (Wildman–Crippen MR) is 84.3 cm³/mol. The molecule has 2 N–H and O–H groups in total. The van der Waals surface area contributed by atoms with Crippen molar-refractivity contribution in [3.8, 4) is 0 Å². The molecule has 7 heteroatoms. The van der Waals surface area contributed by atoms with E-state index in [-0.39, 0.29) is 24.3 Å². The number of carboxylic acid groups (broad SMARTS) is 1. The third kappa shape index (κ3) is 3.29. The summed E-state index contributed by atoms with van der Waals surface area (Å²) in [5.74, 6) is -1.13. The zero-order chi connectivity index (χ0) is 17.2. The Bertz CT molecular complexity index is 613. The molecule has 7 nitrogen and oxygen atoms in total. The Morgan fingerprint density at radius 1 is 1.29 bits per heavy atom. The van der Waals surface area contributed by atoms with Crippen molar-refractivity contribution in [2.75, 3.05) is 13.1 Å². The van der Waals surface area contributed by atoms with Crippen LogP contribution in [0.2, 0.25) is 0 Å². The Hall–Kier alpha value is -2.31. The van der Waals surface area contributed by atoms with Crippen LogP contribution in [0.5, 0.6) is 0 Å². The molecule has 2 heterocycles. The molecule has 2 fully saturated rings. The smallest absolute Gasteiger partial charge is 0.310 e. The average Bonchev–Trinajstić information content (AvgIpc) is 3.05. The van der Waals surface area contributed by atoms with Crippen molar-refractivity contribution in [2.45, 2.75) is 44.6 Å². The van der Waals surface area contributed by atoms with Gasteiger partial charge in [0, 0.05) is 25.6 Å². The topological polar surface area (TPSA) is 99.9 Å². The van der Waals surface area contributed by atoms with Crippen LogP contribution < -0.4 is 5.32 Å². The molecular formula is C17H22N2O5. The molecule has 0 bridgehead atoms. The number of nitrogens with zero attached hydrogens (tertiary/aromatic N) is 1. The molecule has 1 aromatic rings. The third-order valence-electron chi connectivity index (χ3n) is 5.18. The SMILES string of the molecule is O=C(CC1(C(=O)O)CCC1)NC1CCN(C(=O)c2ccoc2)CC1. The number of hydrogen-bond acceptors (Lipinski definition) is 4. The number of nitrogens with one attached hydrogen (secondary N) is 1. The zero-order valence-corrected chi connectivity index (χ0v) is 13.5. The largest absolute Gasteiger partial charge is 0.481 e. The Morgan fingerprint density at radius 2 is 2.00 bits per heavy atom. The van der Waals surface area contributed by atoms with Gasteiger partial charge in [0.1, 0.15) is 6.26 Å². The first-order valence-electron chi connectivity index (χ1n) is 8.34. The fraction of sp³-hybridized carbons (Fsp3) is 0.588. The molecule has 24 heavy (non-hydrogen) atoms. The van der Waals surface area contributed by atoms with Crippen molar-refractivity contribution < 1.29 is 23.9 Å². The summed E-state index contributed by atoms with van der Waals surface area (Å²) in [5, 5.41) is 12.2. The first-order valence-corrected chi connectivity index (χ1v) is 8.34. The van der Waals surface area contributed by atoms with E-state index in [4.69, 9.17) is 4.42 Å². The van der Waals surface area contributed by atoms with Gasteiger partial charge < -0.3 is 19.7 Å². The van der Waals surface area contributed by atoms with Crippen LogP contribution in [-0.2, 0) is 9.59 Å². The third-order valence-corrected chi connectivity index (χ3v) is 5.18. The second kappa shape index (κ2) is 6.67. The summed E-state index contributed by atoms with van der Waals surface area (Å²) in [5.41, 5.74) is -0.326. The number of carbonyl (C=O) groups is 3. The summed E-state index contributed by atoms with van der Waals surface area (Å²) < 4.78 is 4.93. The fourth-order valence-corrected chi connectivity index (χ4v) is 3.45. The lowest BCUT2D eigenvalue weighted by Gasteiger charge is -2.38. The van der Waals surface area contributed by atoms with E-state index < -0.39 is 11.4 Å². The van der Waals surface area contributed by atoms with Crippen LogP contribution in [0.15, 0.2) is 23.0 Å². The molecule has 0 radical (unpaired) electrons. The van der Waals surface area contributed by atoms with E-state index in [0.717, 1.165) is 6.42 Å². The number of furan rings is 1. The number of rotatable bonds is 5. The second-order valence-corrected chi connectivity index (χ2v) is 6.76. The van der Waals surface area contributed by atoms with Crippen LogP contribution >= 0.6 is 0 Å². The fourth-order valence-electron chi connectivity index (χ4n) is 3.45. The van der Waals surface area contributed by atoms with Crippen LogP contribution in [0.1, 0.15) is 48.9 Å². The van der Waals surface area contributed by atoms with Gasteiger partial charge in [0.15, 0.2) is 0 Å². The summed E-state index contributed by atoms with van der Waals surface area (Å²) in [6.07, 6.45) is 6.33. The number of aliphatic carboxylic acids is 1. The van der Waals surface area contributed by atoms with E-state index in [9.17, 15) is 19.5 Å². The van der Waals surface area contributed by atoms with E-state index in [2.05, 4.69) is 5.32 Å². The second-order valence-electron chi connectivity index (χ2n) is 6.76. The molecule has 1 aromatic heterocycles. The highest BCUT2D eigenvalue weighted by molar-refractivity contribution is 5.93. The van der Waals surface area contributed by atoms with Gasteiger partial charge in [0.25, 0.3) is 5.91 Å². The summed E-state index contributed by atoms with van der Waals surface area (Å²) >= 11 is 0. The first kappa shape index (κ1) is 16.5. The molecule has 1 saturated carbocycles. The van der Waals surface area contributed by atoms with E-state index in [1.807, 2.05) is 0 Å². The lowest BCUT2D eigenvalue weighted by molar-refractivity contribution is -0.157. The van der Waals surface area contributed by atoms with Crippen LogP contribution in [0.3, 0.4) is 0 Å². The average molecular weight is 334 g/mol. The van der Waals surface area contributed by atoms with Crippen molar-refractivity contribution in [3.63, 3.8) is 0 Å². The normalized spacial score (nSPS) is 20.2. The summed E-state index contributed by atoms with van der Waals surface area (Å²) in [6, 6.07) is 1.64. The molecule has 0 spiro atoms. The molecule has 0 unspecified atom stereocenters. The Kier molecular flexibility index (Phi) is 4.59. The molecule has 130 valence electrons. The summed E-state index contributed by atoms with van der Waals surface area (Å²) in [6.45, 7) is 1.14. The Balaban J connectivity index is 1.46. The molecule has 1 aliphatic carbocycles. The van der Waals surface area contributed by atoms with Crippen molar-refractivity contribution in [1.29, 1.82) is 0 Å². The molecule has 0 aromatic carbocycles. The zero-order valence-electron chi connectivity index (χ0n) is 13.5. The highest BCUT2D eigenvalue weighted by Crippen LogP contribution is 2.44. The molecule has 2 aliphatic rings. The molecule has 2 amide bonds. The van der Waals surface area contributed by atoms with Gasteiger partial charge in [-0.3, -0.25) is 14.4 Å². The first-order chi connectivity index (χ1) is 11.5. The molecule has 0 atom stereocenters. The van der Waals surface area contributed by atoms with Crippen LogP contribution in [0, 0.1) is 5.41 Å².